The molecule has 6 nitrogen and oxygen atoms in total. The van der Waals surface area contributed by atoms with Crippen molar-refractivity contribution < 1.29 is 9.47 Å². The molecule has 1 aromatic carbocycles. The Morgan fingerprint density at radius 3 is 2.21 bits per heavy atom. The standard InChI is InChI=1S/C18H20N4O2/c1-4-10-15(13-8-6-5-7-9-13)16(11-19)14(21)22-18(23-2,24-3)17(15,16)12-20/h5-9H,4,10H2,1-3H3,(H2,21,22)/t15-,16+,17-/m1/s1. The number of hydrogen-bond acceptors (Lipinski definition) is 6. The summed E-state index contributed by atoms with van der Waals surface area (Å²) in [6.45, 7) is 2.02. The molecular formula is C18H20N4O2. The third kappa shape index (κ3) is 1.28. The van der Waals surface area contributed by atoms with Crippen LogP contribution in [-0.4, -0.2) is 26.0 Å². The molecule has 1 fully saturated rings. The van der Waals surface area contributed by atoms with E-state index in [2.05, 4.69) is 17.1 Å². The molecule has 3 atom stereocenters. The molecule has 0 bridgehead atoms. The summed E-state index contributed by atoms with van der Waals surface area (Å²) in [5, 5.41) is 20.3. The second-order valence-corrected chi connectivity index (χ2v) is 6.23. The normalized spacial score (nSPS) is 35.5. The molecule has 0 saturated heterocycles. The monoisotopic (exact) mass is 324 g/mol. The van der Waals surface area contributed by atoms with E-state index in [1.165, 1.54) is 14.2 Å². The number of methoxy groups -OCH3 is 2. The molecule has 0 spiro atoms. The maximum Gasteiger partial charge on any atom is 0.293 e. The second kappa shape index (κ2) is 5.04. The lowest BCUT2D eigenvalue weighted by Crippen LogP contribution is -2.45. The summed E-state index contributed by atoms with van der Waals surface area (Å²) in [5.41, 5.74) is 3.68. The number of nitriles is 2. The maximum atomic E-state index is 10.2. The molecule has 1 aliphatic carbocycles. The van der Waals surface area contributed by atoms with Gasteiger partial charge in [-0.15, -0.1) is 0 Å². The molecule has 6 heteroatoms. The first-order valence-corrected chi connectivity index (χ1v) is 7.88. The van der Waals surface area contributed by atoms with Crippen LogP contribution in [0, 0.1) is 33.5 Å². The van der Waals surface area contributed by atoms with Crippen LogP contribution >= 0.6 is 0 Å². The van der Waals surface area contributed by atoms with Crippen molar-refractivity contribution in [2.24, 2.45) is 21.6 Å². The molecule has 2 aliphatic rings. The Morgan fingerprint density at radius 2 is 1.75 bits per heavy atom. The summed E-state index contributed by atoms with van der Waals surface area (Å²) < 4.78 is 11.1. The van der Waals surface area contributed by atoms with Gasteiger partial charge in [0, 0.05) is 14.2 Å². The van der Waals surface area contributed by atoms with Gasteiger partial charge in [-0.25, -0.2) is 4.99 Å². The Kier molecular flexibility index (Phi) is 3.46. The Morgan fingerprint density at radius 1 is 1.12 bits per heavy atom. The van der Waals surface area contributed by atoms with Gasteiger partial charge in [0.05, 0.1) is 17.6 Å². The SMILES string of the molecule is CCC[C@@]1(c2ccccc2)[C@]2(C#N)C(N)=NC(OC)(OC)[C@@]21C#N. The minimum atomic E-state index is -1.59. The highest BCUT2D eigenvalue weighted by Crippen LogP contribution is 2.86. The van der Waals surface area contributed by atoms with Gasteiger partial charge in [-0.2, -0.15) is 10.5 Å². The topological polar surface area (TPSA) is 104 Å². The number of benzene rings is 1. The zero-order chi connectivity index (χ0) is 17.6. The van der Waals surface area contributed by atoms with E-state index in [0.717, 1.165) is 12.0 Å². The first kappa shape index (κ1) is 16.4. The zero-order valence-corrected chi connectivity index (χ0v) is 14.0. The van der Waals surface area contributed by atoms with Crippen molar-refractivity contribution in [3.05, 3.63) is 35.9 Å². The lowest BCUT2D eigenvalue weighted by atomic mass is 9.79. The Bertz CT molecular complexity index is 774. The molecule has 1 saturated carbocycles. The molecule has 1 aliphatic heterocycles. The Balaban J connectivity index is 2.39. The molecule has 1 heterocycles. The zero-order valence-electron chi connectivity index (χ0n) is 14.0. The van der Waals surface area contributed by atoms with Crippen LogP contribution < -0.4 is 5.73 Å². The van der Waals surface area contributed by atoms with Crippen LogP contribution in [0.1, 0.15) is 25.3 Å². The largest absolute Gasteiger partial charge is 0.386 e. The van der Waals surface area contributed by atoms with Crippen molar-refractivity contribution in [1.29, 1.82) is 10.5 Å². The molecule has 0 aromatic heterocycles. The molecule has 0 unspecified atom stereocenters. The minimum absolute atomic E-state index is 0.104. The molecular weight excluding hydrogens is 304 g/mol. The highest BCUT2D eigenvalue weighted by molar-refractivity contribution is 6.02. The van der Waals surface area contributed by atoms with Gasteiger partial charge < -0.3 is 15.2 Å². The van der Waals surface area contributed by atoms with E-state index in [1.54, 1.807) is 0 Å². The van der Waals surface area contributed by atoms with Gasteiger partial charge in [0.1, 0.15) is 5.84 Å². The summed E-state index contributed by atoms with van der Waals surface area (Å²) in [6.07, 6.45) is 1.38. The first-order valence-electron chi connectivity index (χ1n) is 7.88. The van der Waals surface area contributed by atoms with Gasteiger partial charge >= 0.3 is 0 Å². The third-order valence-corrected chi connectivity index (χ3v) is 5.69. The van der Waals surface area contributed by atoms with E-state index >= 15 is 0 Å². The molecule has 2 N–H and O–H groups in total. The van der Waals surface area contributed by atoms with Crippen LogP contribution in [0.5, 0.6) is 0 Å². The lowest BCUT2D eigenvalue weighted by molar-refractivity contribution is -0.234. The fraction of sp³-hybridized carbons (Fsp3) is 0.500. The van der Waals surface area contributed by atoms with E-state index in [-0.39, 0.29) is 5.84 Å². The van der Waals surface area contributed by atoms with Crippen LogP contribution in [0.3, 0.4) is 0 Å². The van der Waals surface area contributed by atoms with Crippen molar-refractivity contribution in [2.45, 2.75) is 31.1 Å². The highest BCUT2D eigenvalue weighted by Gasteiger charge is 3.00. The van der Waals surface area contributed by atoms with E-state index in [0.29, 0.717) is 6.42 Å². The number of hydrogen-bond donors (Lipinski definition) is 1. The van der Waals surface area contributed by atoms with Gasteiger partial charge in [-0.3, -0.25) is 0 Å². The number of rotatable bonds is 5. The maximum absolute atomic E-state index is 10.2. The van der Waals surface area contributed by atoms with Crippen LogP contribution in [0.25, 0.3) is 0 Å². The second-order valence-electron chi connectivity index (χ2n) is 6.23. The first-order chi connectivity index (χ1) is 11.5. The predicted octanol–water partition coefficient (Wildman–Crippen LogP) is 2.08. The smallest absolute Gasteiger partial charge is 0.293 e. The molecule has 0 radical (unpaired) electrons. The van der Waals surface area contributed by atoms with E-state index < -0.39 is 22.2 Å². The highest BCUT2D eigenvalue weighted by atomic mass is 16.7. The number of ether oxygens (including phenoxy) is 2. The molecule has 124 valence electrons. The molecule has 1 aromatic rings. The lowest BCUT2D eigenvalue weighted by Gasteiger charge is -2.33. The van der Waals surface area contributed by atoms with E-state index in [4.69, 9.17) is 15.2 Å². The molecule has 0 amide bonds. The summed E-state index contributed by atoms with van der Waals surface area (Å²) in [5.74, 6) is -1.49. The van der Waals surface area contributed by atoms with Crippen molar-refractivity contribution in [3.63, 3.8) is 0 Å². The average Bonchev–Trinajstić information content (AvgIpc) is 3.09. The quantitative estimate of drug-likeness (QED) is 0.835. The number of amidine groups is 1. The Hall–Kier alpha value is -2.41. The van der Waals surface area contributed by atoms with Crippen molar-refractivity contribution in [2.75, 3.05) is 14.2 Å². The van der Waals surface area contributed by atoms with Gasteiger partial charge in [0.2, 0.25) is 0 Å². The molecule has 24 heavy (non-hydrogen) atoms. The van der Waals surface area contributed by atoms with Crippen molar-refractivity contribution in [3.8, 4) is 12.1 Å². The fourth-order valence-corrected chi connectivity index (χ4v) is 4.89. The summed E-state index contributed by atoms with van der Waals surface area (Å²) >= 11 is 0. The van der Waals surface area contributed by atoms with E-state index in [1.807, 2.05) is 37.3 Å². The Labute approximate surface area is 141 Å². The number of fused-ring (bicyclic) bond motifs is 1. The van der Waals surface area contributed by atoms with Crippen LogP contribution in [0.2, 0.25) is 0 Å². The van der Waals surface area contributed by atoms with Crippen molar-refractivity contribution >= 4 is 5.84 Å². The predicted molar refractivity (Wildman–Crippen MR) is 87.5 cm³/mol. The fourth-order valence-electron chi connectivity index (χ4n) is 4.89. The van der Waals surface area contributed by atoms with Crippen molar-refractivity contribution in [1.82, 2.24) is 0 Å². The summed E-state index contributed by atoms with van der Waals surface area (Å²) in [4.78, 5) is 4.28. The van der Waals surface area contributed by atoms with Gasteiger partial charge in [-0.05, 0) is 12.0 Å². The van der Waals surface area contributed by atoms with Crippen LogP contribution in [0.15, 0.2) is 35.3 Å². The number of nitrogens with two attached hydrogens (primary N) is 1. The minimum Gasteiger partial charge on any atom is -0.386 e. The van der Waals surface area contributed by atoms with E-state index in [9.17, 15) is 10.5 Å². The third-order valence-electron chi connectivity index (χ3n) is 5.69. The van der Waals surface area contributed by atoms with Crippen LogP contribution in [0.4, 0.5) is 0 Å². The van der Waals surface area contributed by atoms with Gasteiger partial charge in [0.25, 0.3) is 5.91 Å². The number of aliphatic imine (C=N–C) groups is 1. The summed E-state index contributed by atoms with van der Waals surface area (Å²) in [7, 11) is 2.85. The summed E-state index contributed by atoms with van der Waals surface area (Å²) in [6, 6.07) is 14.2. The average molecular weight is 324 g/mol. The molecule has 3 rings (SSSR count). The van der Waals surface area contributed by atoms with Gasteiger partial charge in [0.15, 0.2) is 10.8 Å². The number of nitrogens with zero attached hydrogens (tertiary/aromatic N) is 3. The van der Waals surface area contributed by atoms with Gasteiger partial charge in [-0.1, -0.05) is 43.7 Å². The van der Waals surface area contributed by atoms with Crippen LogP contribution in [-0.2, 0) is 14.9 Å².